The van der Waals surface area contributed by atoms with Gasteiger partial charge in [-0.2, -0.15) is 0 Å². The van der Waals surface area contributed by atoms with Crippen molar-refractivity contribution in [1.82, 2.24) is 14.5 Å². The van der Waals surface area contributed by atoms with Crippen LogP contribution in [0.25, 0.3) is 32.8 Å². The molecule has 0 spiro atoms. The fourth-order valence-corrected chi connectivity index (χ4v) is 4.27. The Kier molecular flexibility index (Phi) is 4.52. The van der Waals surface area contributed by atoms with Crippen LogP contribution in [-0.4, -0.2) is 14.5 Å². The van der Waals surface area contributed by atoms with Gasteiger partial charge in [-0.1, -0.05) is 30.3 Å². The number of halogens is 1. The molecular weight excluding hydrogens is 401 g/mol. The van der Waals surface area contributed by atoms with Crippen LogP contribution in [0, 0.1) is 12.7 Å². The van der Waals surface area contributed by atoms with Gasteiger partial charge in [0.1, 0.15) is 22.1 Å². The van der Waals surface area contributed by atoms with Crippen molar-refractivity contribution in [3.05, 3.63) is 93.9 Å². The lowest BCUT2D eigenvalue weighted by Gasteiger charge is -2.05. The van der Waals surface area contributed by atoms with E-state index in [4.69, 9.17) is 4.42 Å². The minimum absolute atomic E-state index is 0.163. The minimum atomic E-state index is -0.315. The monoisotopic (exact) mass is 417 g/mol. The van der Waals surface area contributed by atoms with Crippen LogP contribution in [0.4, 0.5) is 4.39 Å². The third-order valence-corrected chi connectivity index (χ3v) is 5.84. The minimum Gasteiger partial charge on any atom is -0.441 e. The molecule has 0 radical (unpaired) electrons. The van der Waals surface area contributed by atoms with Crippen LogP contribution in [-0.2, 0) is 6.54 Å². The predicted octanol–water partition coefficient (Wildman–Crippen LogP) is 5.28. The highest BCUT2D eigenvalue weighted by Gasteiger charge is 2.16. The Morgan fingerprint density at radius 1 is 1.07 bits per heavy atom. The van der Waals surface area contributed by atoms with Crippen LogP contribution >= 0.6 is 11.3 Å². The molecule has 0 atom stereocenters. The number of hydrogen-bond acceptors (Lipinski definition) is 5. The third-order valence-electron chi connectivity index (χ3n) is 4.95. The van der Waals surface area contributed by atoms with Gasteiger partial charge >= 0.3 is 0 Å². The van der Waals surface area contributed by atoms with Gasteiger partial charge in [0.05, 0.1) is 18.3 Å². The highest BCUT2D eigenvalue weighted by atomic mass is 32.1. The Morgan fingerprint density at radius 3 is 2.60 bits per heavy atom. The smallest absolute Gasteiger partial charge is 0.263 e. The van der Waals surface area contributed by atoms with Crippen molar-refractivity contribution in [2.45, 2.75) is 13.5 Å². The quantitative estimate of drug-likeness (QED) is 0.399. The summed E-state index contributed by atoms with van der Waals surface area (Å²) in [5.41, 5.74) is 2.93. The van der Waals surface area contributed by atoms with E-state index in [1.165, 1.54) is 34.4 Å². The van der Waals surface area contributed by atoms with Gasteiger partial charge in [0.15, 0.2) is 0 Å². The summed E-state index contributed by atoms with van der Waals surface area (Å²) in [6, 6.07) is 15.7. The molecule has 0 bridgehead atoms. The molecular formula is C23H16FN3O2S. The Hall–Kier alpha value is -3.58. The molecule has 0 saturated heterocycles. The van der Waals surface area contributed by atoms with Crippen molar-refractivity contribution in [3.63, 3.8) is 0 Å². The van der Waals surface area contributed by atoms with Crippen molar-refractivity contribution in [1.29, 1.82) is 0 Å². The first-order valence-corrected chi connectivity index (χ1v) is 10.2. The first-order chi connectivity index (χ1) is 14.6. The van der Waals surface area contributed by atoms with Crippen LogP contribution in [0.1, 0.15) is 11.5 Å². The summed E-state index contributed by atoms with van der Waals surface area (Å²) in [4.78, 5) is 22.9. The summed E-state index contributed by atoms with van der Waals surface area (Å²) in [6.07, 6.45) is 1.53. The lowest BCUT2D eigenvalue weighted by molar-refractivity contribution is 0.537. The number of fused-ring (bicyclic) bond motifs is 1. The molecule has 0 aliphatic rings. The van der Waals surface area contributed by atoms with Crippen molar-refractivity contribution in [2.75, 3.05) is 0 Å². The van der Waals surface area contributed by atoms with E-state index in [0.29, 0.717) is 27.6 Å². The van der Waals surface area contributed by atoms with Gasteiger partial charge in [0.2, 0.25) is 5.89 Å². The molecule has 0 N–H and O–H groups in total. The maximum Gasteiger partial charge on any atom is 0.263 e. The summed E-state index contributed by atoms with van der Waals surface area (Å²) < 4.78 is 20.6. The molecule has 5 aromatic rings. The number of aromatic nitrogens is 3. The van der Waals surface area contributed by atoms with E-state index >= 15 is 0 Å². The summed E-state index contributed by atoms with van der Waals surface area (Å²) in [6.45, 7) is 2.09. The second-order valence-electron chi connectivity index (χ2n) is 6.90. The normalized spacial score (nSPS) is 11.3. The number of thiophene rings is 1. The molecule has 5 rings (SSSR count). The van der Waals surface area contributed by atoms with Crippen LogP contribution in [0.15, 0.2) is 75.5 Å². The van der Waals surface area contributed by atoms with Crippen LogP contribution < -0.4 is 5.56 Å². The molecule has 30 heavy (non-hydrogen) atoms. The van der Waals surface area contributed by atoms with E-state index in [-0.39, 0.29) is 17.9 Å². The molecule has 0 aliphatic heterocycles. The van der Waals surface area contributed by atoms with Crippen molar-refractivity contribution >= 4 is 21.6 Å². The number of hydrogen-bond donors (Lipinski definition) is 0. The summed E-state index contributed by atoms with van der Waals surface area (Å²) in [5, 5.41) is 2.41. The summed E-state index contributed by atoms with van der Waals surface area (Å²) >= 11 is 1.39. The summed E-state index contributed by atoms with van der Waals surface area (Å²) in [7, 11) is 0. The van der Waals surface area contributed by atoms with Gasteiger partial charge in [0.25, 0.3) is 5.56 Å². The zero-order chi connectivity index (χ0) is 20.7. The van der Waals surface area contributed by atoms with E-state index in [1.54, 1.807) is 12.1 Å². The van der Waals surface area contributed by atoms with Crippen molar-refractivity contribution in [2.24, 2.45) is 0 Å². The van der Waals surface area contributed by atoms with Crippen LogP contribution in [0.5, 0.6) is 0 Å². The standard InChI is InChI=1S/C23H16FN3O2S/c1-14-19(26-21(29-14)16-5-3-2-4-6-16)11-27-13-25-22-20(23(27)28)18(12-30-22)15-7-9-17(24)10-8-15/h2-10,12-13H,11H2,1H3. The van der Waals surface area contributed by atoms with Crippen LogP contribution in [0.3, 0.4) is 0 Å². The van der Waals surface area contributed by atoms with E-state index in [9.17, 15) is 9.18 Å². The average molecular weight is 417 g/mol. The Morgan fingerprint density at radius 2 is 1.83 bits per heavy atom. The number of rotatable bonds is 4. The van der Waals surface area contributed by atoms with E-state index in [0.717, 1.165) is 16.7 Å². The number of oxazole rings is 1. The second kappa shape index (κ2) is 7.35. The van der Waals surface area contributed by atoms with Gasteiger partial charge in [-0.25, -0.2) is 14.4 Å². The third kappa shape index (κ3) is 3.23. The first-order valence-electron chi connectivity index (χ1n) is 9.34. The lowest BCUT2D eigenvalue weighted by Crippen LogP contribution is -2.21. The molecule has 0 amide bonds. The fourth-order valence-electron chi connectivity index (χ4n) is 3.36. The fraction of sp³-hybridized carbons (Fsp3) is 0.0870. The molecule has 148 valence electrons. The van der Waals surface area contributed by atoms with Gasteiger partial charge in [-0.15, -0.1) is 11.3 Å². The molecule has 0 aliphatic carbocycles. The van der Waals surface area contributed by atoms with Crippen molar-refractivity contribution < 1.29 is 8.81 Å². The molecule has 0 fully saturated rings. The molecule has 0 unspecified atom stereocenters. The maximum atomic E-state index is 13.3. The van der Waals surface area contributed by atoms with E-state index < -0.39 is 0 Å². The topological polar surface area (TPSA) is 60.9 Å². The first kappa shape index (κ1) is 18.4. The lowest BCUT2D eigenvalue weighted by atomic mass is 10.1. The van der Waals surface area contributed by atoms with Gasteiger partial charge in [0, 0.05) is 16.5 Å². The van der Waals surface area contributed by atoms with Crippen LogP contribution in [0.2, 0.25) is 0 Å². The molecule has 3 heterocycles. The van der Waals surface area contributed by atoms with Gasteiger partial charge < -0.3 is 4.42 Å². The highest BCUT2D eigenvalue weighted by molar-refractivity contribution is 7.17. The van der Waals surface area contributed by atoms with E-state index in [1.807, 2.05) is 42.6 Å². The van der Waals surface area contributed by atoms with Gasteiger partial charge in [-0.05, 0) is 36.8 Å². The number of aryl methyl sites for hydroxylation is 1. The second-order valence-corrected chi connectivity index (χ2v) is 7.76. The molecule has 2 aromatic carbocycles. The SMILES string of the molecule is Cc1oc(-c2ccccc2)nc1Cn1cnc2scc(-c3ccc(F)cc3)c2c1=O. The largest absolute Gasteiger partial charge is 0.441 e. The predicted molar refractivity (Wildman–Crippen MR) is 115 cm³/mol. The molecule has 7 heteroatoms. The Labute approximate surface area is 175 Å². The zero-order valence-electron chi connectivity index (χ0n) is 16.0. The van der Waals surface area contributed by atoms with Crippen molar-refractivity contribution in [3.8, 4) is 22.6 Å². The number of benzene rings is 2. The maximum absolute atomic E-state index is 13.3. The molecule has 3 aromatic heterocycles. The van der Waals surface area contributed by atoms with E-state index in [2.05, 4.69) is 9.97 Å². The molecule has 0 saturated carbocycles. The average Bonchev–Trinajstić information content (AvgIpc) is 3.36. The Balaban J connectivity index is 1.55. The summed E-state index contributed by atoms with van der Waals surface area (Å²) in [5.74, 6) is 0.863. The number of nitrogens with zero attached hydrogens (tertiary/aromatic N) is 3. The highest BCUT2D eigenvalue weighted by Crippen LogP contribution is 2.31. The Bertz CT molecular complexity index is 1400. The zero-order valence-corrected chi connectivity index (χ0v) is 16.8. The van der Waals surface area contributed by atoms with Gasteiger partial charge in [-0.3, -0.25) is 9.36 Å². The molecule has 5 nitrogen and oxygen atoms in total.